The molecule has 5 nitrogen and oxygen atoms in total. The van der Waals surface area contributed by atoms with Gasteiger partial charge in [-0.1, -0.05) is 60.7 Å². The maximum absolute atomic E-state index is 12.8. The van der Waals surface area contributed by atoms with E-state index < -0.39 is 0 Å². The van der Waals surface area contributed by atoms with Gasteiger partial charge in [0.15, 0.2) is 0 Å². The first kappa shape index (κ1) is 17.1. The van der Waals surface area contributed by atoms with Crippen LogP contribution in [0.15, 0.2) is 84.6 Å². The first-order valence-corrected chi connectivity index (χ1v) is 9.32. The van der Waals surface area contributed by atoms with Gasteiger partial charge in [-0.2, -0.15) is 0 Å². The van der Waals surface area contributed by atoms with Gasteiger partial charge in [0, 0.05) is 17.8 Å². The average Bonchev–Trinajstić information content (AvgIpc) is 3.24. The second-order valence-corrected chi connectivity index (χ2v) is 6.71. The molecular weight excluding hydrogens is 356 g/mol. The molecule has 0 unspecified atom stereocenters. The van der Waals surface area contributed by atoms with Gasteiger partial charge in [-0.15, -0.1) is 11.3 Å². The Morgan fingerprint density at radius 1 is 0.926 bits per heavy atom. The third-order valence-corrected chi connectivity index (χ3v) is 4.93. The SMILES string of the molecule is O=C(NC(c1ccccc1)c1ccccc1)c1csc(-c2cnccn2)n1. The molecule has 132 valence electrons. The van der Waals surface area contributed by atoms with E-state index in [1.807, 2.05) is 60.7 Å². The van der Waals surface area contributed by atoms with Crippen molar-refractivity contribution in [3.05, 3.63) is 101 Å². The fraction of sp³-hybridized carbons (Fsp3) is 0.0476. The van der Waals surface area contributed by atoms with E-state index in [0.29, 0.717) is 16.4 Å². The molecule has 0 aliphatic heterocycles. The number of benzene rings is 2. The molecule has 0 fully saturated rings. The van der Waals surface area contributed by atoms with Gasteiger partial charge in [-0.25, -0.2) is 4.98 Å². The molecule has 2 aromatic heterocycles. The van der Waals surface area contributed by atoms with Crippen LogP contribution in [0.25, 0.3) is 10.7 Å². The minimum Gasteiger partial charge on any atom is -0.340 e. The van der Waals surface area contributed by atoms with Crippen molar-refractivity contribution in [1.29, 1.82) is 0 Å². The Hall–Kier alpha value is -3.38. The van der Waals surface area contributed by atoms with Gasteiger partial charge in [0.2, 0.25) is 0 Å². The summed E-state index contributed by atoms with van der Waals surface area (Å²) in [6.07, 6.45) is 4.85. The molecule has 4 rings (SSSR count). The highest BCUT2D eigenvalue weighted by atomic mass is 32.1. The predicted octanol–water partition coefficient (Wildman–Crippen LogP) is 4.12. The largest absolute Gasteiger partial charge is 0.340 e. The van der Waals surface area contributed by atoms with Crippen LogP contribution in [0.1, 0.15) is 27.7 Å². The number of hydrogen-bond acceptors (Lipinski definition) is 5. The molecule has 0 radical (unpaired) electrons. The molecule has 0 bridgehead atoms. The molecule has 2 heterocycles. The standard InChI is InChI=1S/C21H16N4OS/c26-20(18-14-27-21(24-18)17-13-22-11-12-23-17)25-19(15-7-3-1-4-8-15)16-9-5-2-6-10-16/h1-14,19H,(H,25,26). The van der Waals surface area contributed by atoms with E-state index in [4.69, 9.17) is 0 Å². The van der Waals surface area contributed by atoms with Crippen LogP contribution >= 0.6 is 11.3 Å². The zero-order valence-corrected chi connectivity index (χ0v) is 15.1. The van der Waals surface area contributed by atoms with Crippen LogP contribution in [-0.2, 0) is 0 Å². The van der Waals surface area contributed by atoms with Gasteiger partial charge in [-0.05, 0) is 11.1 Å². The monoisotopic (exact) mass is 372 g/mol. The summed E-state index contributed by atoms with van der Waals surface area (Å²) < 4.78 is 0. The summed E-state index contributed by atoms with van der Waals surface area (Å²) in [7, 11) is 0. The summed E-state index contributed by atoms with van der Waals surface area (Å²) in [6, 6.07) is 19.5. The van der Waals surface area contributed by atoms with Gasteiger partial charge in [0.05, 0.1) is 12.2 Å². The Morgan fingerprint density at radius 3 is 2.19 bits per heavy atom. The lowest BCUT2D eigenvalue weighted by molar-refractivity contribution is 0.0938. The highest BCUT2D eigenvalue weighted by molar-refractivity contribution is 7.13. The molecule has 0 saturated carbocycles. The molecule has 27 heavy (non-hydrogen) atoms. The normalized spacial score (nSPS) is 10.7. The molecule has 0 aliphatic carbocycles. The summed E-state index contributed by atoms with van der Waals surface area (Å²) in [5.74, 6) is -0.223. The van der Waals surface area contributed by atoms with Gasteiger partial charge >= 0.3 is 0 Å². The van der Waals surface area contributed by atoms with Crippen LogP contribution in [0.3, 0.4) is 0 Å². The number of amides is 1. The molecule has 6 heteroatoms. The summed E-state index contributed by atoms with van der Waals surface area (Å²) in [4.78, 5) is 25.5. The van der Waals surface area contributed by atoms with E-state index in [1.165, 1.54) is 11.3 Å². The van der Waals surface area contributed by atoms with E-state index in [1.54, 1.807) is 24.0 Å². The van der Waals surface area contributed by atoms with E-state index in [2.05, 4.69) is 20.3 Å². The third-order valence-electron chi connectivity index (χ3n) is 4.06. The molecule has 0 atom stereocenters. The Kier molecular flexibility index (Phi) is 4.98. The Labute approximate surface area is 160 Å². The number of thiazole rings is 1. The molecule has 0 aliphatic rings. The van der Waals surface area contributed by atoms with Crippen molar-refractivity contribution in [3.63, 3.8) is 0 Å². The van der Waals surface area contributed by atoms with Crippen molar-refractivity contribution in [3.8, 4) is 10.7 Å². The minimum absolute atomic E-state index is 0.223. The molecular formula is C21H16N4OS. The van der Waals surface area contributed by atoms with E-state index in [9.17, 15) is 4.79 Å². The molecule has 4 aromatic rings. The topological polar surface area (TPSA) is 67.8 Å². The molecule has 2 aromatic carbocycles. The van der Waals surface area contributed by atoms with E-state index >= 15 is 0 Å². The second-order valence-electron chi connectivity index (χ2n) is 5.86. The quantitative estimate of drug-likeness (QED) is 0.572. The van der Waals surface area contributed by atoms with Crippen molar-refractivity contribution >= 4 is 17.2 Å². The highest BCUT2D eigenvalue weighted by Crippen LogP contribution is 2.24. The van der Waals surface area contributed by atoms with E-state index in [0.717, 1.165) is 11.1 Å². The summed E-state index contributed by atoms with van der Waals surface area (Å²) in [5.41, 5.74) is 3.06. The molecule has 1 amide bonds. The van der Waals surface area contributed by atoms with Crippen LogP contribution in [0.4, 0.5) is 0 Å². The lowest BCUT2D eigenvalue weighted by Crippen LogP contribution is -2.29. The van der Waals surface area contributed by atoms with Crippen molar-refractivity contribution < 1.29 is 4.79 Å². The number of rotatable bonds is 5. The second kappa shape index (κ2) is 7.88. The number of carbonyl (C=O) groups is 1. The lowest BCUT2D eigenvalue weighted by atomic mass is 9.98. The maximum Gasteiger partial charge on any atom is 0.271 e. The van der Waals surface area contributed by atoms with Gasteiger partial charge in [0.1, 0.15) is 16.4 Å². The zero-order chi connectivity index (χ0) is 18.5. The van der Waals surface area contributed by atoms with Gasteiger partial charge < -0.3 is 5.32 Å². The van der Waals surface area contributed by atoms with Gasteiger partial charge in [0.25, 0.3) is 5.91 Å². The molecule has 0 spiro atoms. The Balaban J connectivity index is 1.60. The molecule has 0 saturated heterocycles. The van der Waals surface area contributed by atoms with Crippen molar-refractivity contribution in [2.24, 2.45) is 0 Å². The highest BCUT2D eigenvalue weighted by Gasteiger charge is 2.19. The fourth-order valence-electron chi connectivity index (χ4n) is 2.76. The number of aromatic nitrogens is 3. The Bertz CT molecular complexity index is 980. The van der Waals surface area contributed by atoms with Crippen molar-refractivity contribution in [2.45, 2.75) is 6.04 Å². The minimum atomic E-state index is -0.249. The summed E-state index contributed by atoms with van der Waals surface area (Å²) in [6.45, 7) is 0. The zero-order valence-electron chi connectivity index (χ0n) is 14.3. The van der Waals surface area contributed by atoms with Crippen molar-refractivity contribution in [2.75, 3.05) is 0 Å². The van der Waals surface area contributed by atoms with Crippen LogP contribution in [0.5, 0.6) is 0 Å². The predicted molar refractivity (Wildman–Crippen MR) is 105 cm³/mol. The average molecular weight is 372 g/mol. The summed E-state index contributed by atoms with van der Waals surface area (Å²) >= 11 is 1.38. The van der Waals surface area contributed by atoms with Crippen LogP contribution in [0.2, 0.25) is 0 Å². The van der Waals surface area contributed by atoms with Gasteiger partial charge in [-0.3, -0.25) is 14.8 Å². The lowest BCUT2D eigenvalue weighted by Gasteiger charge is -2.19. The molecule has 1 N–H and O–H groups in total. The van der Waals surface area contributed by atoms with E-state index in [-0.39, 0.29) is 11.9 Å². The third kappa shape index (κ3) is 3.91. The Morgan fingerprint density at radius 2 is 1.59 bits per heavy atom. The maximum atomic E-state index is 12.8. The fourth-order valence-corrected chi connectivity index (χ4v) is 3.52. The summed E-state index contributed by atoms with van der Waals surface area (Å²) in [5, 5.41) is 5.51. The first-order valence-electron chi connectivity index (χ1n) is 8.44. The number of hydrogen-bond donors (Lipinski definition) is 1. The van der Waals surface area contributed by atoms with Crippen molar-refractivity contribution in [1.82, 2.24) is 20.3 Å². The smallest absolute Gasteiger partial charge is 0.271 e. The number of nitrogens with zero attached hydrogens (tertiary/aromatic N) is 3. The van der Waals surface area contributed by atoms with Crippen LogP contribution in [-0.4, -0.2) is 20.9 Å². The first-order chi connectivity index (χ1) is 13.3. The number of nitrogens with one attached hydrogen (secondary N) is 1. The number of carbonyl (C=O) groups excluding carboxylic acids is 1. The van der Waals surface area contributed by atoms with Crippen LogP contribution < -0.4 is 5.32 Å². The van der Waals surface area contributed by atoms with Crippen LogP contribution in [0, 0.1) is 0 Å².